The number of rotatable bonds is 4. The van der Waals surface area contributed by atoms with Gasteiger partial charge in [0, 0.05) is 11.9 Å². The van der Waals surface area contributed by atoms with E-state index in [0.29, 0.717) is 23.4 Å². The molecule has 6 heteroatoms. The Balaban J connectivity index is 2.69. The van der Waals surface area contributed by atoms with Crippen molar-refractivity contribution >= 4 is 22.3 Å². The normalized spacial score (nSPS) is 10.9. The Labute approximate surface area is 109 Å². The van der Waals surface area contributed by atoms with Crippen LogP contribution in [0.5, 0.6) is 0 Å². The summed E-state index contributed by atoms with van der Waals surface area (Å²) in [4.78, 5) is 22.0. The van der Waals surface area contributed by atoms with Gasteiger partial charge in [0.15, 0.2) is 0 Å². The van der Waals surface area contributed by atoms with Crippen LogP contribution in [0.4, 0.5) is 11.4 Å². The molecule has 1 heterocycles. The van der Waals surface area contributed by atoms with Gasteiger partial charge in [-0.05, 0) is 18.1 Å². The van der Waals surface area contributed by atoms with E-state index in [4.69, 9.17) is 4.42 Å². The fourth-order valence-corrected chi connectivity index (χ4v) is 1.79. The summed E-state index contributed by atoms with van der Waals surface area (Å²) in [6.45, 7) is 4.49. The summed E-state index contributed by atoms with van der Waals surface area (Å²) in [6.07, 6.45) is 0. The molecule has 0 aliphatic rings. The SMILES string of the molecule is CC(C)CNc1c([N+](=O)[O-])c(=O)oc2ccccc12. The van der Waals surface area contributed by atoms with Gasteiger partial charge in [-0.25, -0.2) is 4.79 Å². The number of nitrogens with zero attached hydrogens (tertiary/aromatic N) is 1. The number of anilines is 1. The Kier molecular flexibility index (Phi) is 3.50. The molecule has 0 amide bonds. The lowest BCUT2D eigenvalue weighted by molar-refractivity contribution is -0.386. The van der Waals surface area contributed by atoms with E-state index >= 15 is 0 Å². The molecule has 100 valence electrons. The highest BCUT2D eigenvalue weighted by atomic mass is 16.6. The average Bonchev–Trinajstić information content (AvgIpc) is 2.34. The molecule has 1 aromatic carbocycles. The van der Waals surface area contributed by atoms with Gasteiger partial charge in [0.05, 0.1) is 4.92 Å². The fraction of sp³-hybridized carbons (Fsp3) is 0.308. The van der Waals surface area contributed by atoms with Gasteiger partial charge in [-0.3, -0.25) is 10.1 Å². The quantitative estimate of drug-likeness (QED) is 0.520. The van der Waals surface area contributed by atoms with Crippen LogP contribution in [0, 0.1) is 16.0 Å². The maximum Gasteiger partial charge on any atom is 0.417 e. The average molecular weight is 262 g/mol. The van der Waals surface area contributed by atoms with Crippen molar-refractivity contribution < 1.29 is 9.34 Å². The standard InChI is InChI=1S/C13H14N2O4/c1-8(2)7-14-11-9-5-3-4-6-10(9)19-13(16)12(11)15(17)18/h3-6,8,14H,7H2,1-2H3. The summed E-state index contributed by atoms with van der Waals surface area (Å²) in [7, 11) is 0. The van der Waals surface area contributed by atoms with E-state index in [0.717, 1.165) is 0 Å². The monoisotopic (exact) mass is 262 g/mol. The van der Waals surface area contributed by atoms with Gasteiger partial charge < -0.3 is 9.73 Å². The molecule has 0 aliphatic carbocycles. The smallest absolute Gasteiger partial charge is 0.417 e. The molecule has 0 fully saturated rings. The predicted octanol–water partition coefficient (Wildman–Crippen LogP) is 2.77. The van der Waals surface area contributed by atoms with Gasteiger partial charge in [0.25, 0.3) is 0 Å². The lowest BCUT2D eigenvalue weighted by atomic mass is 10.1. The van der Waals surface area contributed by atoms with Crippen LogP contribution < -0.4 is 10.9 Å². The van der Waals surface area contributed by atoms with Crippen LogP contribution in [-0.2, 0) is 0 Å². The van der Waals surface area contributed by atoms with Crippen LogP contribution in [-0.4, -0.2) is 11.5 Å². The Hall–Kier alpha value is -2.37. The lowest BCUT2D eigenvalue weighted by Crippen LogP contribution is -2.15. The maximum absolute atomic E-state index is 11.7. The van der Waals surface area contributed by atoms with Crippen LogP contribution in [0.15, 0.2) is 33.5 Å². The maximum atomic E-state index is 11.7. The number of benzene rings is 1. The first-order valence-corrected chi connectivity index (χ1v) is 5.94. The van der Waals surface area contributed by atoms with E-state index in [1.165, 1.54) is 0 Å². The molecule has 2 rings (SSSR count). The van der Waals surface area contributed by atoms with Gasteiger partial charge in [-0.15, -0.1) is 0 Å². The number of hydrogen-bond acceptors (Lipinski definition) is 5. The Bertz CT molecular complexity index is 676. The second-order valence-corrected chi connectivity index (χ2v) is 4.64. The molecule has 0 saturated carbocycles. The van der Waals surface area contributed by atoms with E-state index in [1.54, 1.807) is 24.3 Å². The first-order chi connectivity index (χ1) is 9.00. The minimum atomic E-state index is -0.935. The van der Waals surface area contributed by atoms with Gasteiger partial charge in [0.2, 0.25) is 0 Å². The first-order valence-electron chi connectivity index (χ1n) is 5.94. The second-order valence-electron chi connectivity index (χ2n) is 4.64. The van der Waals surface area contributed by atoms with Crippen LogP contribution in [0.3, 0.4) is 0 Å². The zero-order valence-corrected chi connectivity index (χ0v) is 10.7. The van der Waals surface area contributed by atoms with Crippen LogP contribution in [0.25, 0.3) is 11.0 Å². The highest BCUT2D eigenvalue weighted by Gasteiger charge is 2.24. The topological polar surface area (TPSA) is 85.4 Å². The summed E-state index contributed by atoms with van der Waals surface area (Å²) in [5.41, 5.74) is -0.913. The first kappa shape index (κ1) is 13.1. The van der Waals surface area contributed by atoms with E-state index in [9.17, 15) is 14.9 Å². The highest BCUT2D eigenvalue weighted by Crippen LogP contribution is 2.29. The summed E-state index contributed by atoms with van der Waals surface area (Å²) in [6, 6.07) is 6.75. The number of para-hydroxylation sites is 1. The van der Waals surface area contributed by atoms with Gasteiger partial charge in [-0.1, -0.05) is 26.0 Å². The molecule has 0 atom stereocenters. The highest BCUT2D eigenvalue weighted by molar-refractivity contribution is 5.94. The van der Waals surface area contributed by atoms with Crippen LogP contribution in [0.1, 0.15) is 13.8 Å². The molecule has 2 aromatic rings. The zero-order chi connectivity index (χ0) is 14.0. The van der Waals surface area contributed by atoms with E-state index in [-0.39, 0.29) is 5.69 Å². The largest absolute Gasteiger partial charge is 0.418 e. The van der Waals surface area contributed by atoms with E-state index < -0.39 is 16.2 Å². The molecule has 0 unspecified atom stereocenters. The molecule has 0 bridgehead atoms. The molecule has 0 aliphatic heterocycles. The molecule has 0 spiro atoms. The summed E-state index contributed by atoms with van der Waals surface area (Å²) in [5, 5.41) is 14.5. The molecule has 0 radical (unpaired) electrons. The molecular weight excluding hydrogens is 248 g/mol. The number of hydrogen-bond donors (Lipinski definition) is 1. The second kappa shape index (κ2) is 5.09. The molecule has 1 N–H and O–H groups in total. The van der Waals surface area contributed by atoms with Crippen molar-refractivity contribution in [3.8, 4) is 0 Å². The minimum absolute atomic E-state index is 0.227. The zero-order valence-electron chi connectivity index (χ0n) is 10.7. The fourth-order valence-electron chi connectivity index (χ4n) is 1.79. The van der Waals surface area contributed by atoms with Crippen molar-refractivity contribution in [2.24, 2.45) is 5.92 Å². The van der Waals surface area contributed by atoms with Crippen molar-refractivity contribution in [2.45, 2.75) is 13.8 Å². The van der Waals surface area contributed by atoms with Crippen molar-refractivity contribution in [3.63, 3.8) is 0 Å². The van der Waals surface area contributed by atoms with Crippen molar-refractivity contribution in [1.82, 2.24) is 0 Å². The molecule has 0 saturated heterocycles. The van der Waals surface area contributed by atoms with Crippen molar-refractivity contribution in [1.29, 1.82) is 0 Å². The van der Waals surface area contributed by atoms with Crippen molar-refractivity contribution in [2.75, 3.05) is 11.9 Å². The Morgan fingerprint density at radius 2 is 2.05 bits per heavy atom. The summed E-state index contributed by atoms with van der Waals surface area (Å²) >= 11 is 0. The predicted molar refractivity (Wildman–Crippen MR) is 72.5 cm³/mol. The minimum Gasteiger partial charge on any atom is -0.418 e. The lowest BCUT2D eigenvalue weighted by Gasteiger charge is -2.10. The van der Waals surface area contributed by atoms with E-state index in [2.05, 4.69) is 5.32 Å². The molecule has 19 heavy (non-hydrogen) atoms. The van der Waals surface area contributed by atoms with Gasteiger partial charge >= 0.3 is 11.3 Å². The molecule has 6 nitrogen and oxygen atoms in total. The number of nitro groups is 1. The molecule has 1 aromatic heterocycles. The third-order valence-electron chi connectivity index (χ3n) is 2.66. The third kappa shape index (κ3) is 2.57. The Morgan fingerprint density at radius 1 is 1.37 bits per heavy atom. The number of nitrogens with one attached hydrogen (secondary N) is 1. The third-order valence-corrected chi connectivity index (χ3v) is 2.66. The summed E-state index contributed by atoms with van der Waals surface area (Å²) < 4.78 is 4.96. The molecular formula is C13H14N2O4. The van der Waals surface area contributed by atoms with Gasteiger partial charge in [0.1, 0.15) is 11.3 Å². The summed E-state index contributed by atoms with van der Waals surface area (Å²) in [5.74, 6) is 0.297. The van der Waals surface area contributed by atoms with Gasteiger partial charge in [-0.2, -0.15) is 0 Å². The number of fused-ring (bicyclic) bond motifs is 1. The van der Waals surface area contributed by atoms with Crippen molar-refractivity contribution in [3.05, 3.63) is 44.8 Å². The van der Waals surface area contributed by atoms with Crippen LogP contribution >= 0.6 is 0 Å². The van der Waals surface area contributed by atoms with E-state index in [1.807, 2.05) is 13.8 Å². The Morgan fingerprint density at radius 3 is 2.68 bits per heavy atom. The van der Waals surface area contributed by atoms with Crippen LogP contribution in [0.2, 0.25) is 0 Å².